The molecule has 1 aliphatic carbocycles. The van der Waals surface area contributed by atoms with E-state index in [9.17, 15) is 19.7 Å². The van der Waals surface area contributed by atoms with Crippen LogP contribution in [0, 0.1) is 10.1 Å². The zero-order valence-corrected chi connectivity index (χ0v) is 29.5. The Bertz CT molecular complexity index is 1400. The molecule has 3 N–H and O–H groups in total. The number of fused-ring (bicyclic) bond motifs is 1. The van der Waals surface area contributed by atoms with Crippen LogP contribution in [-0.2, 0) is 55.8 Å². The molecule has 0 heterocycles. The Balaban J connectivity index is 1.67. The second-order valence-corrected chi connectivity index (χ2v) is 11.7. The van der Waals surface area contributed by atoms with E-state index >= 15 is 0 Å². The third-order valence-corrected chi connectivity index (χ3v) is 8.12. The molecule has 282 valence electrons. The molecule has 1 atom stereocenters. The van der Waals surface area contributed by atoms with E-state index in [1.165, 1.54) is 11.6 Å². The molecule has 0 unspecified atom stereocenters. The fourth-order valence-corrected chi connectivity index (χ4v) is 5.26. The highest BCUT2D eigenvalue weighted by Crippen LogP contribution is 2.34. The van der Waals surface area contributed by atoms with Crippen molar-refractivity contribution in [2.24, 2.45) is 5.73 Å². The number of ether oxygens (including phenoxy) is 7. The van der Waals surface area contributed by atoms with E-state index in [1.54, 1.807) is 26.4 Å². The van der Waals surface area contributed by atoms with Gasteiger partial charge in [0.25, 0.3) is 5.69 Å². The van der Waals surface area contributed by atoms with E-state index in [0.717, 1.165) is 28.8 Å². The number of benzene rings is 2. The molecule has 0 radical (unpaired) electrons. The summed E-state index contributed by atoms with van der Waals surface area (Å²) in [7, 11) is 3.27. The number of anilines is 1. The second kappa shape index (κ2) is 23.5. The minimum absolute atomic E-state index is 0.0974. The van der Waals surface area contributed by atoms with Gasteiger partial charge in [0.2, 0.25) is 0 Å². The number of carboxylic acids is 1. The number of hydrogen-bond donors (Lipinski definition) is 2. The molecular formula is C36H51N3O12. The van der Waals surface area contributed by atoms with Crippen LogP contribution in [0.5, 0.6) is 0 Å². The number of hydrogen-bond acceptors (Lipinski definition) is 13. The maximum absolute atomic E-state index is 12.2. The van der Waals surface area contributed by atoms with Crippen LogP contribution < -0.4 is 10.6 Å². The quantitative estimate of drug-likeness (QED) is 0.0591. The summed E-state index contributed by atoms with van der Waals surface area (Å²) in [5.74, 6) is -1.90. The second-order valence-electron chi connectivity index (χ2n) is 11.7. The van der Waals surface area contributed by atoms with E-state index in [1.807, 2.05) is 0 Å². The molecule has 1 aliphatic rings. The topological polar surface area (TPSA) is 191 Å². The van der Waals surface area contributed by atoms with Crippen molar-refractivity contribution in [2.75, 3.05) is 98.3 Å². The lowest BCUT2D eigenvalue weighted by atomic mass is 9.87. The third-order valence-electron chi connectivity index (χ3n) is 8.12. The summed E-state index contributed by atoms with van der Waals surface area (Å²) in [5, 5.41) is 20.6. The Morgan fingerprint density at radius 2 is 1.47 bits per heavy atom. The lowest BCUT2D eigenvalue weighted by molar-refractivity contribution is -0.385. The van der Waals surface area contributed by atoms with Crippen molar-refractivity contribution in [3.63, 3.8) is 0 Å². The summed E-state index contributed by atoms with van der Waals surface area (Å²) >= 11 is 0. The van der Waals surface area contributed by atoms with Gasteiger partial charge in [-0.3, -0.25) is 19.7 Å². The van der Waals surface area contributed by atoms with Crippen LogP contribution in [0.1, 0.15) is 41.5 Å². The number of nitrogens with zero attached hydrogens (tertiary/aromatic N) is 2. The lowest BCUT2D eigenvalue weighted by Crippen LogP contribution is -2.32. The molecule has 0 aromatic heterocycles. The highest BCUT2D eigenvalue weighted by molar-refractivity contribution is 5.85. The minimum atomic E-state index is -1.22. The molecule has 0 fully saturated rings. The summed E-state index contributed by atoms with van der Waals surface area (Å²) in [4.78, 5) is 36.6. The van der Waals surface area contributed by atoms with Crippen molar-refractivity contribution in [1.29, 1.82) is 0 Å². The number of esters is 1. The number of nitro groups is 1. The van der Waals surface area contributed by atoms with Gasteiger partial charge in [0.1, 0.15) is 12.6 Å². The monoisotopic (exact) mass is 717 g/mol. The first kappa shape index (κ1) is 41.5. The van der Waals surface area contributed by atoms with E-state index in [2.05, 4.69) is 29.2 Å². The predicted molar refractivity (Wildman–Crippen MR) is 190 cm³/mol. The molecule has 0 aliphatic heterocycles. The fraction of sp³-hybridized carbons (Fsp3) is 0.556. The van der Waals surface area contributed by atoms with E-state index in [-0.39, 0.29) is 30.7 Å². The fourth-order valence-electron chi connectivity index (χ4n) is 5.26. The van der Waals surface area contributed by atoms with Crippen LogP contribution in [0.15, 0.2) is 36.4 Å². The van der Waals surface area contributed by atoms with Crippen molar-refractivity contribution in [3.05, 3.63) is 68.8 Å². The van der Waals surface area contributed by atoms with E-state index in [4.69, 9.17) is 44.0 Å². The minimum Gasteiger partial charge on any atom is -0.480 e. The zero-order valence-electron chi connectivity index (χ0n) is 29.5. The molecule has 0 spiro atoms. The summed E-state index contributed by atoms with van der Waals surface area (Å²) in [6.07, 6.45) is 3.24. The first-order valence-electron chi connectivity index (χ1n) is 17.0. The van der Waals surface area contributed by atoms with E-state index < -0.39 is 22.9 Å². The number of rotatable bonds is 27. The van der Waals surface area contributed by atoms with Crippen LogP contribution >= 0.6 is 0 Å². The Kier molecular flexibility index (Phi) is 19.1. The van der Waals surface area contributed by atoms with Gasteiger partial charge in [-0.05, 0) is 65.8 Å². The largest absolute Gasteiger partial charge is 0.480 e. The van der Waals surface area contributed by atoms with Crippen LogP contribution in [0.4, 0.5) is 11.4 Å². The molecule has 2 aromatic carbocycles. The van der Waals surface area contributed by atoms with Gasteiger partial charge in [-0.15, -0.1) is 0 Å². The van der Waals surface area contributed by atoms with Crippen LogP contribution in [0.3, 0.4) is 0 Å². The first-order chi connectivity index (χ1) is 24.7. The maximum Gasteiger partial charge on any atom is 0.320 e. The van der Waals surface area contributed by atoms with Gasteiger partial charge in [0, 0.05) is 45.5 Å². The molecule has 51 heavy (non-hydrogen) atoms. The number of nitro benzene ring substituents is 1. The summed E-state index contributed by atoms with van der Waals surface area (Å²) < 4.78 is 37.9. The van der Waals surface area contributed by atoms with Gasteiger partial charge in [0.15, 0.2) is 0 Å². The smallest absolute Gasteiger partial charge is 0.320 e. The van der Waals surface area contributed by atoms with Gasteiger partial charge in [-0.1, -0.05) is 12.1 Å². The lowest BCUT2D eigenvalue weighted by Gasteiger charge is -2.27. The Hall–Kier alpha value is -3.96. The van der Waals surface area contributed by atoms with Crippen molar-refractivity contribution in [1.82, 2.24) is 0 Å². The standard InChI is InChI=1S/C36H51N3O12/c1-45-15-17-49-21-19-47-13-11-38(12-14-48-20-22-50-18-16-46-2)32-7-5-28-23-27(3-4-30(28)25-32)29-6-9-34(39(43)44)31(24-29)26-51-35(40)10-8-33(37)36(41)42/h5-7,9,23-25,33H,3-4,8,10-22,26,37H2,1-2H3,(H,41,42)/t33-/m0/s1. The van der Waals surface area contributed by atoms with Gasteiger partial charge in [-0.2, -0.15) is 0 Å². The predicted octanol–water partition coefficient (Wildman–Crippen LogP) is 3.48. The molecular weight excluding hydrogens is 666 g/mol. The van der Waals surface area contributed by atoms with Crippen molar-refractivity contribution >= 4 is 35.0 Å². The van der Waals surface area contributed by atoms with Crippen molar-refractivity contribution < 1.29 is 52.8 Å². The number of aliphatic carboxylic acids is 1. The third kappa shape index (κ3) is 15.0. The number of carbonyl (C=O) groups is 2. The zero-order chi connectivity index (χ0) is 36.8. The van der Waals surface area contributed by atoms with E-state index in [0.29, 0.717) is 85.6 Å². The Labute approximate surface area is 298 Å². The average molecular weight is 718 g/mol. The molecule has 15 nitrogen and oxygen atoms in total. The normalized spacial score (nSPS) is 13.0. The Morgan fingerprint density at radius 1 is 0.863 bits per heavy atom. The van der Waals surface area contributed by atoms with Crippen LogP contribution in [0.25, 0.3) is 11.6 Å². The van der Waals surface area contributed by atoms with Crippen molar-refractivity contribution in [2.45, 2.75) is 38.3 Å². The molecule has 0 saturated carbocycles. The molecule has 3 rings (SSSR count). The maximum atomic E-state index is 12.2. The molecule has 15 heteroatoms. The van der Waals surface area contributed by atoms with Gasteiger partial charge >= 0.3 is 11.9 Å². The number of carbonyl (C=O) groups excluding carboxylic acids is 1. The van der Waals surface area contributed by atoms with Gasteiger partial charge < -0.3 is 48.9 Å². The van der Waals surface area contributed by atoms with Crippen LogP contribution in [-0.4, -0.2) is 121 Å². The molecule has 0 saturated heterocycles. The number of aryl methyl sites for hydroxylation is 1. The highest BCUT2D eigenvalue weighted by atomic mass is 16.6. The van der Waals surface area contributed by atoms with Gasteiger partial charge in [-0.25, -0.2) is 0 Å². The summed E-state index contributed by atoms with van der Waals surface area (Å²) in [6, 6.07) is 9.92. The first-order valence-corrected chi connectivity index (χ1v) is 17.0. The number of carboxylic acid groups (broad SMARTS) is 1. The number of allylic oxidation sites excluding steroid dienone is 1. The van der Waals surface area contributed by atoms with Crippen molar-refractivity contribution in [3.8, 4) is 0 Å². The molecule has 0 bridgehead atoms. The van der Waals surface area contributed by atoms with Gasteiger partial charge in [0.05, 0.1) is 76.6 Å². The SMILES string of the molecule is COCCOCCOCCN(CCOCCOCCOC)c1ccc2c(c1)CCC(c1ccc([N+](=O)[O-])c(COC(=O)CC[C@H](N)C(=O)O)c1)=C2. The summed E-state index contributed by atoms with van der Waals surface area (Å²) in [6.45, 7) is 6.13. The van der Waals surface area contributed by atoms with Crippen LogP contribution in [0.2, 0.25) is 0 Å². The molecule has 0 amide bonds. The summed E-state index contributed by atoms with van der Waals surface area (Å²) in [5.41, 5.74) is 10.6. The number of methoxy groups -OCH3 is 2. The molecule has 2 aromatic rings. The Morgan fingerprint density at radius 3 is 2.06 bits per heavy atom. The highest BCUT2D eigenvalue weighted by Gasteiger charge is 2.21. The average Bonchev–Trinajstić information content (AvgIpc) is 3.13. The number of nitrogens with two attached hydrogens (primary N) is 1.